The molecule has 1 N–H and O–H groups in total. The van der Waals surface area contributed by atoms with Gasteiger partial charge in [-0.25, -0.2) is 4.39 Å². The maximum absolute atomic E-state index is 15.5. The molecule has 0 spiro atoms. The molecule has 8 nitrogen and oxygen atoms in total. The Kier molecular flexibility index (Phi) is 11.9. The lowest BCUT2D eigenvalue weighted by molar-refractivity contribution is -0.140. The lowest BCUT2D eigenvalue weighted by Gasteiger charge is -2.33. The number of carbonyl (C=O) groups is 2. The lowest BCUT2D eigenvalue weighted by Crippen LogP contribution is -2.35. The van der Waals surface area contributed by atoms with E-state index in [-0.39, 0.29) is 42.5 Å². The van der Waals surface area contributed by atoms with Gasteiger partial charge in [0.05, 0.1) is 18.0 Å². The summed E-state index contributed by atoms with van der Waals surface area (Å²) >= 11 is 0. The van der Waals surface area contributed by atoms with Gasteiger partial charge < -0.3 is 29.1 Å². The number of halogens is 4. The number of hydrogen-bond donors (Lipinski definition) is 1. The number of nitrogens with one attached hydrogen (secondary N) is 1. The number of aldehydes is 1. The minimum absolute atomic E-state index is 0.0619. The van der Waals surface area contributed by atoms with E-state index < -0.39 is 40.8 Å². The number of alkyl halides is 3. The van der Waals surface area contributed by atoms with Gasteiger partial charge in [-0.2, -0.15) is 13.2 Å². The highest BCUT2D eigenvalue weighted by Gasteiger charge is 2.33. The van der Waals surface area contributed by atoms with Crippen molar-refractivity contribution in [1.82, 2.24) is 9.88 Å². The smallest absolute Gasteiger partial charge is 0.406 e. The Morgan fingerprint density at radius 3 is 2.32 bits per heavy atom. The van der Waals surface area contributed by atoms with Gasteiger partial charge in [0, 0.05) is 45.5 Å². The number of piperidine rings is 1. The summed E-state index contributed by atoms with van der Waals surface area (Å²) in [5.74, 6) is -2.16. The summed E-state index contributed by atoms with van der Waals surface area (Å²) in [5, 5.41) is 2.23. The van der Waals surface area contributed by atoms with Gasteiger partial charge in [-0.3, -0.25) is 9.59 Å². The second-order valence-corrected chi connectivity index (χ2v) is 10.6. The molecule has 0 atom stereocenters. The minimum atomic E-state index is -4.71. The Balaban J connectivity index is 0.00000124. The van der Waals surface area contributed by atoms with E-state index in [0.29, 0.717) is 19.3 Å². The molecule has 0 aliphatic carbocycles. The molecule has 1 saturated heterocycles. The average molecular weight is 622 g/mol. The lowest BCUT2D eigenvalue weighted by atomic mass is 9.97. The molecule has 1 fully saturated rings. The molecule has 240 valence electrons. The van der Waals surface area contributed by atoms with Crippen LogP contribution in [0.15, 0.2) is 35.3 Å². The number of fused-ring (bicyclic) bond motifs is 1. The highest BCUT2D eigenvalue weighted by molar-refractivity contribution is 5.99. The predicted molar refractivity (Wildman–Crippen MR) is 161 cm³/mol. The van der Waals surface area contributed by atoms with Crippen molar-refractivity contribution < 1.29 is 36.6 Å². The summed E-state index contributed by atoms with van der Waals surface area (Å²) in [5.41, 5.74) is 1.05. The van der Waals surface area contributed by atoms with Gasteiger partial charge in [-0.05, 0) is 50.3 Å². The average Bonchev–Trinajstić information content (AvgIpc) is 3.00. The zero-order valence-corrected chi connectivity index (χ0v) is 25.6. The molecule has 0 radical (unpaired) electrons. The summed E-state index contributed by atoms with van der Waals surface area (Å²) < 4.78 is 67.3. The van der Waals surface area contributed by atoms with E-state index in [1.54, 1.807) is 12.0 Å². The molecular formula is C32H39F4N3O5. The van der Waals surface area contributed by atoms with Gasteiger partial charge in [0.1, 0.15) is 24.1 Å². The molecule has 1 aliphatic heterocycles. The van der Waals surface area contributed by atoms with Crippen molar-refractivity contribution in [2.45, 2.75) is 59.3 Å². The van der Waals surface area contributed by atoms with Crippen LogP contribution in [0, 0.1) is 18.7 Å². The van der Waals surface area contributed by atoms with Crippen molar-refractivity contribution in [2.24, 2.45) is 5.92 Å². The minimum Gasteiger partial charge on any atom is -0.492 e. The van der Waals surface area contributed by atoms with E-state index in [9.17, 15) is 27.6 Å². The fourth-order valence-electron chi connectivity index (χ4n) is 5.24. The first-order valence-corrected chi connectivity index (χ1v) is 14.4. The second-order valence-electron chi connectivity index (χ2n) is 10.6. The quantitative estimate of drug-likeness (QED) is 0.248. The van der Waals surface area contributed by atoms with Gasteiger partial charge in [0.2, 0.25) is 5.43 Å². The van der Waals surface area contributed by atoms with E-state index in [1.807, 2.05) is 39.0 Å². The maximum atomic E-state index is 15.5. The Hall–Kier alpha value is -3.93. The number of nitrogens with zero attached hydrogens (tertiary/aromatic N) is 2. The van der Waals surface area contributed by atoms with Crippen molar-refractivity contribution in [1.29, 1.82) is 0 Å². The van der Waals surface area contributed by atoms with Crippen LogP contribution in [0.25, 0.3) is 10.9 Å². The number of rotatable bonds is 9. The van der Waals surface area contributed by atoms with Crippen molar-refractivity contribution in [3.05, 3.63) is 68.8 Å². The largest absolute Gasteiger partial charge is 0.492 e. The Labute approximate surface area is 253 Å². The molecule has 1 aliphatic rings. The molecule has 0 unspecified atom stereocenters. The van der Waals surface area contributed by atoms with Crippen LogP contribution in [0.4, 0.5) is 23.2 Å². The SMILES string of the molecule is CCOC.CCc1cc(C)ccc1CNC(=O)c1cn(CC(F)(F)F)c2c(OC)c(N3CCC(C=O)CC3)c(F)cc2c1=O. The molecule has 1 aromatic heterocycles. The number of carbonyl (C=O) groups excluding carboxylic acids is 2. The fraction of sp³-hybridized carbons (Fsp3) is 0.469. The third-order valence-electron chi connectivity index (χ3n) is 7.56. The van der Waals surface area contributed by atoms with Crippen LogP contribution in [-0.2, 0) is 29.0 Å². The van der Waals surface area contributed by atoms with Crippen molar-refractivity contribution in [2.75, 3.05) is 38.8 Å². The zero-order chi connectivity index (χ0) is 32.6. The standard InChI is InChI=1S/C29H31F4N3O4.C3H8O/c1-4-19-11-17(2)5-6-20(19)13-34-28(39)22-14-36(16-29(31,32)33)24-21(26(22)38)12-23(30)25(27(24)40-3)35-9-7-18(15-37)8-10-35;1-3-4-2/h5-6,11-12,14-15,18H,4,7-10,13,16H2,1-3H3,(H,34,39);3H2,1-2H3. The second kappa shape index (κ2) is 15.2. The first-order chi connectivity index (χ1) is 20.9. The van der Waals surface area contributed by atoms with Crippen LogP contribution in [0.3, 0.4) is 0 Å². The van der Waals surface area contributed by atoms with Gasteiger partial charge in [-0.1, -0.05) is 30.7 Å². The number of benzene rings is 2. The van der Waals surface area contributed by atoms with Crippen LogP contribution in [0.1, 0.15) is 53.7 Å². The third-order valence-corrected chi connectivity index (χ3v) is 7.56. The molecule has 2 heterocycles. The van der Waals surface area contributed by atoms with E-state index >= 15 is 4.39 Å². The first kappa shape index (κ1) is 34.6. The highest BCUT2D eigenvalue weighted by atomic mass is 19.4. The van der Waals surface area contributed by atoms with Gasteiger partial charge in [0.25, 0.3) is 5.91 Å². The first-order valence-electron chi connectivity index (χ1n) is 14.4. The molecule has 12 heteroatoms. The molecule has 2 aromatic carbocycles. The van der Waals surface area contributed by atoms with Crippen molar-refractivity contribution in [3.63, 3.8) is 0 Å². The normalized spacial score (nSPS) is 13.8. The van der Waals surface area contributed by atoms with Crippen LogP contribution < -0.4 is 20.4 Å². The van der Waals surface area contributed by atoms with Crippen molar-refractivity contribution in [3.8, 4) is 5.75 Å². The van der Waals surface area contributed by atoms with Gasteiger partial charge >= 0.3 is 6.18 Å². The highest BCUT2D eigenvalue weighted by Crippen LogP contribution is 2.40. The molecule has 4 rings (SSSR count). The molecular weight excluding hydrogens is 582 g/mol. The number of anilines is 1. The van der Waals surface area contributed by atoms with E-state index in [2.05, 4.69) is 10.1 Å². The van der Waals surface area contributed by atoms with Crippen LogP contribution >= 0.6 is 0 Å². The summed E-state index contributed by atoms with van der Waals surface area (Å²) in [6.45, 7) is 5.77. The summed E-state index contributed by atoms with van der Waals surface area (Å²) in [4.78, 5) is 39.3. The number of aryl methyl sites for hydroxylation is 2. The Morgan fingerprint density at radius 1 is 1.11 bits per heavy atom. The number of amides is 1. The summed E-state index contributed by atoms with van der Waals surface area (Å²) in [7, 11) is 2.87. The number of hydrogen-bond acceptors (Lipinski definition) is 6. The van der Waals surface area contributed by atoms with Gasteiger partial charge in [0.15, 0.2) is 11.6 Å². The molecule has 3 aromatic rings. The topological polar surface area (TPSA) is 89.9 Å². The van der Waals surface area contributed by atoms with Crippen LogP contribution in [0.2, 0.25) is 0 Å². The van der Waals surface area contributed by atoms with Crippen molar-refractivity contribution >= 4 is 28.8 Å². The maximum Gasteiger partial charge on any atom is 0.406 e. The van der Waals surface area contributed by atoms with Gasteiger partial charge in [-0.15, -0.1) is 0 Å². The molecule has 0 saturated carbocycles. The summed E-state index contributed by atoms with van der Waals surface area (Å²) in [6.07, 6.45) is -1.43. The number of pyridine rings is 1. The third kappa shape index (κ3) is 8.16. The number of ether oxygens (including phenoxy) is 2. The Morgan fingerprint density at radius 2 is 1.77 bits per heavy atom. The molecule has 0 bridgehead atoms. The Bertz CT molecular complexity index is 1530. The fourth-order valence-corrected chi connectivity index (χ4v) is 5.24. The molecule has 44 heavy (non-hydrogen) atoms. The monoisotopic (exact) mass is 621 g/mol. The van der Waals surface area contributed by atoms with E-state index in [4.69, 9.17) is 4.74 Å². The number of aromatic nitrogens is 1. The predicted octanol–water partition coefficient (Wildman–Crippen LogP) is 5.58. The van der Waals surface area contributed by atoms with Crippen LogP contribution in [-0.4, -0.2) is 56.9 Å². The summed E-state index contributed by atoms with van der Waals surface area (Å²) in [6, 6.07) is 6.56. The van der Waals surface area contributed by atoms with E-state index in [0.717, 1.165) is 46.4 Å². The van der Waals surface area contributed by atoms with E-state index in [1.165, 1.54) is 7.11 Å². The molecule has 1 amide bonds. The van der Waals surface area contributed by atoms with Crippen LogP contribution in [0.5, 0.6) is 5.75 Å². The number of methoxy groups -OCH3 is 2. The zero-order valence-electron chi connectivity index (χ0n) is 25.6.